The third kappa shape index (κ3) is 3.71. The molecule has 2 aliphatic rings. The van der Waals surface area contributed by atoms with Crippen molar-refractivity contribution in [2.45, 2.75) is 44.1 Å². The highest BCUT2D eigenvalue weighted by atomic mass is 32.1. The first kappa shape index (κ1) is 17.4. The van der Waals surface area contributed by atoms with Crippen LogP contribution in [0.5, 0.6) is 5.75 Å². The molecule has 0 spiro atoms. The third-order valence-corrected chi connectivity index (χ3v) is 6.25. The van der Waals surface area contributed by atoms with E-state index in [0.29, 0.717) is 18.2 Å². The van der Waals surface area contributed by atoms with Gasteiger partial charge in [0.25, 0.3) is 0 Å². The van der Waals surface area contributed by atoms with Crippen molar-refractivity contribution in [2.75, 3.05) is 14.2 Å². The molecule has 4 rings (SSSR count). The van der Waals surface area contributed by atoms with Crippen molar-refractivity contribution in [1.82, 2.24) is 10.6 Å². The molecule has 2 aliphatic heterocycles. The van der Waals surface area contributed by atoms with E-state index in [1.165, 1.54) is 21.7 Å². The van der Waals surface area contributed by atoms with Crippen LogP contribution in [0.25, 0.3) is 10.4 Å². The standard InChI is InChI=1S/C20H25N3O2S/c1-21-20(23-17-11-15-7-9-18(17)25-15)22-12-16-8-10-19(26-16)13-3-5-14(24-2)6-4-13/h3-6,8,10,15,17-18H,7,9,11-12H2,1-2H3,(H2,21,22,23). The van der Waals surface area contributed by atoms with Crippen molar-refractivity contribution in [3.05, 3.63) is 41.3 Å². The van der Waals surface area contributed by atoms with E-state index in [1.54, 1.807) is 18.4 Å². The summed E-state index contributed by atoms with van der Waals surface area (Å²) < 4.78 is 11.1. The fraction of sp³-hybridized carbons (Fsp3) is 0.450. The van der Waals surface area contributed by atoms with E-state index in [9.17, 15) is 0 Å². The molecule has 1 aromatic heterocycles. The van der Waals surface area contributed by atoms with E-state index in [0.717, 1.165) is 31.1 Å². The number of nitrogens with one attached hydrogen (secondary N) is 2. The lowest BCUT2D eigenvalue weighted by molar-refractivity contribution is 0.0992. The first-order chi connectivity index (χ1) is 12.7. The molecule has 5 nitrogen and oxygen atoms in total. The number of hydrogen-bond acceptors (Lipinski definition) is 4. The minimum atomic E-state index is 0.349. The van der Waals surface area contributed by atoms with E-state index in [4.69, 9.17) is 9.47 Å². The number of thiophene rings is 1. The van der Waals surface area contributed by atoms with Gasteiger partial charge in [-0.1, -0.05) is 0 Å². The fourth-order valence-electron chi connectivity index (χ4n) is 3.71. The maximum atomic E-state index is 5.91. The maximum absolute atomic E-state index is 5.91. The molecule has 3 unspecified atom stereocenters. The number of aliphatic imine (C=N–C) groups is 1. The fourth-order valence-corrected chi connectivity index (χ4v) is 4.67. The van der Waals surface area contributed by atoms with Crippen LogP contribution >= 0.6 is 11.3 Å². The number of methoxy groups -OCH3 is 1. The molecule has 2 aromatic rings. The second-order valence-corrected chi connectivity index (χ2v) is 7.95. The van der Waals surface area contributed by atoms with Gasteiger partial charge in [0.2, 0.25) is 0 Å². The van der Waals surface area contributed by atoms with E-state index >= 15 is 0 Å². The summed E-state index contributed by atoms with van der Waals surface area (Å²) >= 11 is 1.80. The average Bonchev–Trinajstić information content (AvgIpc) is 3.42. The van der Waals surface area contributed by atoms with Crippen molar-refractivity contribution < 1.29 is 9.47 Å². The minimum Gasteiger partial charge on any atom is -0.497 e. The van der Waals surface area contributed by atoms with Gasteiger partial charge in [-0.15, -0.1) is 11.3 Å². The second-order valence-electron chi connectivity index (χ2n) is 6.78. The average molecular weight is 372 g/mol. The number of guanidine groups is 1. The summed E-state index contributed by atoms with van der Waals surface area (Å²) in [7, 11) is 3.51. The molecule has 0 amide bonds. The number of nitrogens with zero attached hydrogens (tertiary/aromatic N) is 1. The van der Waals surface area contributed by atoms with Gasteiger partial charge in [-0.25, -0.2) is 0 Å². The monoisotopic (exact) mass is 371 g/mol. The van der Waals surface area contributed by atoms with Crippen molar-refractivity contribution in [3.63, 3.8) is 0 Å². The molecule has 0 radical (unpaired) electrons. The highest BCUT2D eigenvalue weighted by Gasteiger charge is 2.41. The van der Waals surface area contributed by atoms with Crippen LogP contribution < -0.4 is 15.4 Å². The normalized spacial score (nSPS) is 24.7. The van der Waals surface area contributed by atoms with Crippen molar-refractivity contribution in [2.24, 2.45) is 4.99 Å². The number of fused-ring (bicyclic) bond motifs is 2. The lowest BCUT2D eigenvalue weighted by Gasteiger charge is -2.22. The van der Waals surface area contributed by atoms with E-state index in [1.807, 2.05) is 19.2 Å². The Balaban J connectivity index is 1.33. The Labute approximate surface area is 158 Å². The summed E-state index contributed by atoms with van der Waals surface area (Å²) in [6, 6.07) is 12.9. The van der Waals surface area contributed by atoms with Crippen molar-refractivity contribution in [3.8, 4) is 16.2 Å². The SMILES string of the molecule is CN=C(NCc1ccc(-c2ccc(OC)cc2)s1)NC1CC2CCC1O2. The van der Waals surface area contributed by atoms with Gasteiger partial charge in [-0.3, -0.25) is 4.99 Å². The predicted molar refractivity (Wildman–Crippen MR) is 106 cm³/mol. The molecule has 2 N–H and O–H groups in total. The predicted octanol–water partition coefficient (Wildman–Crippen LogP) is 3.41. The van der Waals surface area contributed by atoms with Gasteiger partial charge >= 0.3 is 0 Å². The Morgan fingerprint density at radius 1 is 1.23 bits per heavy atom. The van der Waals surface area contributed by atoms with Gasteiger partial charge in [0, 0.05) is 16.8 Å². The third-order valence-electron chi connectivity index (χ3n) is 5.12. The highest BCUT2D eigenvalue weighted by Crippen LogP contribution is 2.34. The first-order valence-electron chi connectivity index (χ1n) is 9.11. The molecule has 6 heteroatoms. The summed E-state index contributed by atoms with van der Waals surface area (Å²) in [6.07, 6.45) is 4.25. The zero-order chi connectivity index (χ0) is 17.9. The summed E-state index contributed by atoms with van der Waals surface area (Å²) in [5, 5.41) is 6.95. The van der Waals surface area contributed by atoms with Crippen LogP contribution in [0.3, 0.4) is 0 Å². The topological polar surface area (TPSA) is 54.9 Å². The van der Waals surface area contributed by atoms with Crippen LogP contribution in [0.1, 0.15) is 24.1 Å². The Hall–Kier alpha value is -2.05. The van der Waals surface area contributed by atoms with Crippen LogP contribution in [-0.2, 0) is 11.3 Å². The Morgan fingerprint density at radius 2 is 2.08 bits per heavy atom. The van der Waals surface area contributed by atoms with Gasteiger partial charge in [0.1, 0.15) is 5.75 Å². The lowest BCUT2D eigenvalue weighted by atomic mass is 9.96. The van der Waals surface area contributed by atoms with E-state index < -0.39 is 0 Å². The van der Waals surface area contributed by atoms with Gasteiger partial charge in [0.15, 0.2) is 5.96 Å². The van der Waals surface area contributed by atoms with Gasteiger partial charge in [0.05, 0.1) is 31.9 Å². The molecule has 138 valence electrons. The molecule has 3 heterocycles. The Morgan fingerprint density at radius 3 is 2.73 bits per heavy atom. The van der Waals surface area contributed by atoms with Crippen molar-refractivity contribution in [1.29, 1.82) is 0 Å². The van der Waals surface area contributed by atoms with E-state index in [-0.39, 0.29) is 0 Å². The van der Waals surface area contributed by atoms with E-state index in [2.05, 4.69) is 39.9 Å². The zero-order valence-electron chi connectivity index (χ0n) is 15.2. The van der Waals surface area contributed by atoms with Crippen LogP contribution in [-0.4, -0.2) is 38.4 Å². The summed E-state index contributed by atoms with van der Waals surface area (Å²) in [6.45, 7) is 0.766. The first-order valence-corrected chi connectivity index (χ1v) is 9.92. The minimum absolute atomic E-state index is 0.349. The molecule has 0 aliphatic carbocycles. The molecule has 2 saturated heterocycles. The molecule has 0 saturated carbocycles. The van der Waals surface area contributed by atoms with Crippen LogP contribution in [0.2, 0.25) is 0 Å². The lowest BCUT2D eigenvalue weighted by Crippen LogP contribution is -2.47. The van der Waals surface area contributed by atoms with Gasteiger partial charge in [-0.05, 0) is 61.2 Å². The van der Waals surface area contributed by atoms with Gasteiger partial charge in [-0.2, -0.15) is 0 Å². The van der Waals surface area contributed by atoms with Crippen molar-refractivity contribution >= 4 is 17.3 Å². The molecule has 3 atom stereocenters. The summed E-state index contributed by atoms with van der Waals surface area (Å²) in [4.78, 5) is 6.90. The molecular weight excluding hydrogens is 346 g/mol. The smallest absolute Gasteiger partial charge is 0.191 e. The van der Waals surface area contributed by atoms with Crippen LogP contribution in [0.15, 0.2) is 41.4 Å². The largest absolute Gasteiger partial charge is 0.497 e. The Bertz CT molecular complexity index is 772. The second kappa shape index (κ2) is 7.68. The molecule has 2 bridgehead atoms. The van der Waals surface area contributed by atoms with Gasteiger partial charge < -0.3 is 20.1 Å². The molecule has 26 heavy (non-hydrogen) atoms. The number of ether oxygens (including phenoxy) is 2. The van der Waals surface area contributed by atoms with Crippen LogP contribution in [0, 0.1) is 0 Å². The zero-order valence-corrected chi connectivity index (χ0v) is 16.0. The van der Waals surface area contributed by atoms with Crippen LogP contribution in [0.4, 0.5) is 0 Å². The quantitative estimate of drug-likeness (QED) is 0.625. The molecular formula is C20H25N3O2S. The molecule has 1 aromatic carbocycles. The Kier molecular flexibility index (Phi) is 5.13. The highest BCUT2D eigenvalue weighted by molar-refractivity contribution is 7.15. The number of hydrogen-bond donors (Lipinski definition) is 2. The summed E-state index contributed by atoms with van der Waals surface area (Å²) in [5.41, 5.74) is 1.21. The number of rotatable bonds is 5. The maximum Gasteiger partial charge on any atom is 0.191 e. The molecule has 2 fully saturated rings. The summed E-state index contributed by atoms with van der Waals surface area (Å²) in [5.74, 6) is 1.73. The number of benzene rings is 1.